The molecule has 30 heavy (non-hydrogen) atoms. The summed E-state index contributed by atoms with van der Waals surface area (Å²) >= 11 is 0. The SMILES string of the molecule is CC(=O)Nc1ccc2c(c1)oc(=O)n2CCCCN1CCN(C2CCCCC2)CC1. The number of carbonyl (C=O) groups is 1. The number of oxazole rings is 1. The molecule has 1 N–H and O–H groups in total. The van der Waals surface area contributed by atoms with Crippen LogP contribution >= 0.6 is 0 Å². The van der Waals surface area contributed by atoms with E-state index in [2.05, 4.69) is 15.1 Å². The summed E-state index contributed by atoms with van der Waals surface area (Å²) in [7, 11) is 0. The third-order valence-corrected chi connectivity index (χ3v) is 6.59. The summed E-state index contributed by atoms with van der Waals surface area (Å²) in [5.41, 5.74) is 1.95. The molecule has 7 nitrogen and oxygen atoms in total. The quantitative estimate of drug-likeness (QED) is 0.704. The standard InChI is InChI=1S/C23H34N4O3/c1-18(28)24-19-9-10-21-22(17-19)30-23(29)27(21)12-6-5-11-25-13-15-26(16-14-25)20-7-3-2-4-8-20/h9-10,17,20H,2-8,11-16H2,1H3,(H,24,28). The molecule has 2 heterocycles. The molecule has 1 aliphatic carbocycles. The van der Waals surface area contributed by atoms with Gasteiger partial charge in [-0.15, -0.1) is 0 Å². The first-order valence-corrected chi connectivity index (χ1v) is 11.5. The highest BCUT2D eigenvalue weighted by atomic mass is 16.4. The van der Waals surface area contributed by atoms with Gasteiger partial charge in [-0.25, -0.2) is 4.79 Å². The van der Waals surface area contributed by atoms with E-state index < -0.39 is 0 Å². The molecule has 0 spiro atoms. The third kappa shape index (κ3) is 5.13. The van der Waals surface area contributed by atoms with Crippen molar-refractivity contribution in [2.45, 2.75) is 64.5 Å². The number of hydrogen-bond acceptors (Lipinski definition) is 5. The Kier molecular flexibility index (Phi) is 6.89. The summed E-state index contributed by atoms with van der Waals surface area (Å²) < 4.78 is 7.08. The van der Waals surface area contributed by atoms with Crippen molar-refractivity contribution in [3.8, 4) is 0 Å². The van der Waals surface area contributed by atoms with Crippen molar-refractivity contribution >= 4 is 22.7 Å². The molecular weight excluding hydrogens is 380 g/mol. The summed E-state index contributed by atoms with van der Waals surface area (Å²) in [4.78, 5) is 28.7. The Hall–Kier alpha value is -2.12. The molecule has 1 aliphatic heterocycles. The van der Waals surface area contributed by atoms with Crippen molar-refractivity contribution in [3.05, 3.63) is 28.7 Å². The monoisotopic (exact) mass is 414 g/mol. The Morgan fingerprint density at radius 1 is 1.07 bits per heavy atom. The number of carbonyl (C=O) groups excluding carboxylic acids is 1. The zero-order valence-corrected chi connectivity index (χ0v) is 18.1. The predicted octanol–water partition coefficient (Wildman–Crippen LogP) is 3.28. The molecule has 1 saturated carbocycles. The minimum atomic E-state index is -0.328. The van der Waals surface area contributed by atoms with E-state index in [0.29, 0.717) is 17.8 Å². The van der Waals surface area contributed by atoms with E-state index in [1.807, 2.05) is 6.07 Å². The Balaban J connectivity index is 1.23. The second kappa shape index (κ2) is 9.79. The molecule has 1 saturated heterocycles. The van der Waals surface area contributed by atoms with Gasteiger partial charge in [0.25, 0.3) is 0 Å². The van der Waals surface area contributed by atoms with Gasteiger partial charge in [0.1, 0.15) is 0 Å². The molecule has 2 fully saturated rings. The zero-order valence-electron chi connectivity index (χ0n) is 18.1. The highest BCUT2D eigenvalue weighted by molar-refractivity contribution is 5.91. The number of nitrogens with one attached hydrogen (secondary N) is 1. The first kappa shape index (κ1) is 21.1. The average molecular weight is 415 g/mol. The van der Waals surface area contributed by atoms with Crippen LogP contribution in [0.5, 0.6) is 0 Å². The molecule has 2 aliphatic rings. The molecule has 0 atom stereocenters. The molecule has 164 valence electrons. The number of amides is 1. The summed E-state index contributed by atoms with van der Waals surface area (Å²) in [6.07, 6.45) is 9.03. The summed E-state index contributed by atoms with van der Waals surface area (Å²) in [5.74, 6) is -0.471. The second-order valence-corrected chi connectivity index (χ2v) is 8.76. The maximum absolute atomic E-state index is 12.2. The van der Waals surface area contributed by atoms with Gasteiger partial charge >= 0.3 is 5.76 Å². The van der Waals surface area contributed by atoms with Crippen molar-refractivity contribution in [2.75, 3.05) is 38.0 Å². The number of fused-ring (bicyclic) bond motifs is 1. The van der Waals surface area contributed by atoms with Gasteiger partial charge in [0.05, 0.1) is 5.52 Å². The largest absolute Gasteiger partial charge is 0.419 e. The van der Waals surface area contributed by atoms with Crippen molar-refractivity contribution in [1.29, 1.82) is 0 Å². The maximum Gasteiger partial charge on any atom is 0.419 e. The van der Waals surface area contributed by atoms with E-state index in [-0.39, 0.29) is 11.7 Å². The molecule has 0 bridgehead atoms. The van der Waals surface area contributed by atoms with Crippen molar-refractivity contribution in [3.63, 3.8) is 0 Å². The molecule has 1 aromatic heterocycles. The summed E-state index contributed by atoms with van der Waals surface area (Å²) in [6.45, 7) is 7.94. The Bertz CT molecular complexity index is 905. The van der Waals surface area contributed by atoms with E-state index in [9.17, 15) is 9.59 Å². The normalized spacial score (nSPS) is 19.4. The van der Waals surface area contributed by atoms with E-state index in [1.165, 1.54) is 52.1 Å². The smallest absolute Gasteiger partial charge is 0.408 e. The Morgan fingerprint density at radius 3 is 2.53 bits per heavy atom. The molecular formula is C23H34N4O3. The fourth-order valence-electron chi connectivity index (χ4n) is 4.96. The van der Waals surface area contributed by atoms with E-state index in [4.69, 9.17) is 4.42 Å². The van der Waals surface area contributed by atoms with Crippen molar-refractivity contribution in [2.24, 2.45) is 0 Å². The average Bonchev–Trinajstić information content (AvgIpc) is 3.06. The Morgan fingerprint density at radius 2 is 1.80 bits per heavy atom. The molecule has 4 rings (SSSR count). The number of anilines is 1. The number of piperazine rings is 1. The number of benzene rings is 1. The van der Waals surface area contributed by atoms with Crippen molar-refractivity contribution in [1.82, 2.24) is 14.4 Å². The fourth-order valence-corrected chi connectivity index (χ4v) is 4.96. The topological polar surface area (TPSA) is 70.7 Å². The summed E-state index contributed by atoms with van der Waals surface area (Å²) in [6, 6.07) is 6.19. The highest BCUT2D eigenvalue weighted by Gasteiger charge is 2.24. The number of aryl methyl sites for hydroxylation is 1. The van der Waals surface area contributed by atoms with Crippen LogP contribution in [-0.2, 0) is 11.3 Å². The van der Waals surface area contributed by atoms with Gasteiger partial charge in [0, 0.05) is 57.4 Å². The van der Waals surface area contributed by atoms with Crippen LogP contribution in [-0.4, -0.2) is 59.0 Å². The first-order chi connectivity index (χ1) is 14.6. The Labute approximate surface area is 178 Å². The van der Waals surface area contributed by atoms with Gasteiger partial charge in [-0.1, -0.05) is 19.3 Å². The first-order valence-electron chi connectivity index (χ1n) is 11.5. The lowest BCUT2D eigenvalue weighted by Gasteiger charge is -2.40. The van der Waals surface area contributed by atoms with Gasteiger partial charge in [0.2, 0.25) is 5.91 Å². The number of hydrogen-bond donors (Lipinski definition) is 1. The zero-order chi connectivity index (χ0) is 20.9. The van der Waals surface area contributed by atoms with Gasteiger partial charge in [-0.3, -0.25) is 14.3 Å². The molecule has 1 amide bonds. The fraction of sp³-hybridized carbons (Fsp3) is 0.652. The van der Waals surface area contributed by atoms with Crippen LogP contribution in [0.1, 0.15) is 51.9 Å². The lowest BCUT2D eigenvalue weighted by atomic mass is 9.94. The van der Waals surface area contributed by atoms with Gasteiger partial charge in [0.15, 0.2) is 5.58 Å². The lowest BCUT2D eigenvalue weighted by molar-refractivity contribution is -0.114. The van der Waals surface area contributed by atoms with E-state index in [0.717, 1.165) is 44.0 Å². The van der Waals surface area contributed by atoms with Crippen molar-refractivity contribution < 1.29 is 9.21 Å². The number of unbranched alkanes of at least 4 members (excludes halogenated alkanes) is 1. The van der Waals surface area contributed by atoms with Crippen LogP contribution in [0.15, 0.2) is 27.4 Å². The minimum absolute atomic E-state index is 0.143. The van der Waals surface area contributed by atoms with Crippen LogP contribution < -0.4 is 11.1 Å². The van der Waals surface area contributed by atoms with Crippen LogP contribution in [0.3, 0.4) is 0 Å². The molecule has 7 heteroatoms. The maximum atomic E-state index is 12.2. The van der Waals surface area contributed by atoms with Crippen LogP contribution in [0.2, 0.25) is 0 Å². The molecule has 0 radical (unpaired) electrons. The van der Waals surface area contributed by atoms with Gasteiger partial charge < -0.3 is 14.6 Å². The number of nitrogens with zero attached hydrogens (tertiary/aromatic N) is 3. The molecule has 1 aromatic carbocycles. The molecule has 2 aromatic rings. The van der Waals surface area contributed by atoms with E-state index >= 15 is 0 Å². The summed E-state index contributed by atoms with van der Waals surface area (Å²) in [5, 5.41) is 2.72. The molecule has 0 unspecified atom stereocenters. The lowest BCUT2D eigenvalue weighted by Crippen LogP contribution is -2.50. The van der Waals surface area contributed by atoms with Crippen LogP contribution in [0, 0.1) is 0 Å². The van der Waals surface area contributed by atoms with Crippen LogP contribution in [0.4, 0.5) is 5.69 Å². The highest BCUT2D eigenvalue weighted by Crippen LogP contribution is 2.23. The predicted molar refractivity (Wildman–Crippen MR) is 119 cm³/mol. The number of rotatable bonds is 7. The van der Waals surface area contributed by atoms with Gasteiger partial charge in [-0.05, 0) is 44.4 Å². The second-order valence-electron chi connectivity index (χ2n) is 8.76. The third-order valence-electron chi connectivity index (χ3n) is 6.59. The number of aromatic nitrogens is 1. The minimum Gasteiger partial charge on any atom is -0.408 e. The van der Waals surface area contributed by atoms with E-state index in [1.54, 1.807) is 16.7 Å². The van der Waals surface area contributed by atoms with Gasteiger partial charge in [-0.2, -0.15) is 0 Å². The van der Waals surface area contributed by atoms with Crippen LogP contribution in [0.25, 0.3) is 11.1 Å².